The average molecular weight is 250 g/mol. The number of fused-ring (bicyclic) bond motifs is 2. The highest BCUT2D eigenvalue weighted by molar-refractivity contribution is 7.09. The predicted octanol–water partition coefficient (Wildman–Crippen LogP) is 3.37. The lowest BCUT2D eigenvalue weighted by atomic mass is 9.84. The second-order valence-electron chi connectivity index (χ2n) is 5.87. The zero-order valence-electron chi connectivity index (χ0n) is 10.8. The molecule has 1 aromatic rings. The molecule has 3 rings (SSSR count). The van der Waals surface area contributed by atoms with E-state index in [1.807, 2.05) is 0 Å². The Labute approximate surface area is 108 Å². The minimum Gasteiger partial charge on any atom is -0.308 e. The molecule has 17 heavy (non-hydrogen) atoms. The molecule has 2 bridgehead atoms. The number of nitrogens with one attached hydrogen (secondary N) is 1. The van der Waals surface area contributed by atoms with Crippen LogP contribution in [0.4, 0.5) is 0 Å². The summed E-state index contributed by atoms with van der Waals surface area (Å²) in [4.78, 5) is 4.51. The lowest BCUT2D eigenvalue weighted by molar-refractivity contribution is 0.259. The number of hydrogen-bond donors (Lipinski definition) is 1. The summed E-state index contributed by atoms with van der Waals surface area (Å²) in [6.45, 7) is 5.39. The van der Waals surface area contributed by atoms with Gasteiger partial charge >= 0.3 is 0 Å². The first-order valence-corrected chi connectivity index (χ1v) is 7.74. The third-order valence-electron chi connectivity index (χ3n) is 4.71. The van der Waals surface area contributed by atoms with Crippen molar-refractivity contribution in [1.29, 1.82) is 0 Å². The number of aryl methyl sites for hydroxylation is 1. The number of hydrogen-bond acceptors (Lipinski definition) is 3. The third kappa shape index (κ3) is 2.41. The molecule has 3 heteroatoms. The summed E-state index contributed by atoms with van der Waals surface area (Å²) in [5.41, 5.74) is 1.21. The van der Waals surface area contributed by atoms with E-state index < -0.39 is 0 Å². The van der Waals surface area contributed by atoms with Gasteiger partial charge in [-0.1, -0.05) is 6.42 Å². The monoisotopic (exact) mass is 250 g/mol. The molecule has 2 aliphatic carbocycles. The van der Waals surface area contributed by atoms with Crippen molar-refractivity contribution in [1.82, 2.24) is 10.3 Å². The fourth-order valence-corrected chi connectivity index (χ4v) is 4.43. The average Bonchev–Trinajstić information content (AvgIpc) is 3.01. The first-order chi connectivity index (χ1) is 8.22. The van der Waals surface area contributed by atoms with Crippen molar-refractivity contribution in [2.75, 3.05) is 0 Å². The molecule has 0 radical (unpaired) electrons. The first-order valence-electron chi connectivity index (χ1n) is 6.87. The Morgan fingerprint density at radius 3 is 2.94 bits per heavy atom. The Bertz CT molecular complexity index is 387. The van der Waals surface area contributed by atoms with Gasteiger partial charge in [-0.25, -0.2) is 4.98 Å². The molecule has 0 aromatic carbocycles. The van der Waals surface area contributed by atoms with Crippen LogP contribution < -0.4 is 5.32 Å². The summed E-state index contributed by atoms with van der Waals surface area (Å²) < 4.78 is 0. The van der Waals surface area contributed by atoms with E-state index in [1.165, 1.54) is 36.4 Å². The van der Waals surface area contributed by atoms with Gasteiger partial charge in [-0.05, 0) is 50.9 Å². The van der Waals surface area contributed by atoms with Crippen LogP contribution in [0.25, 0.3) is 0 Å². The van der Waals surface area contributed by atoms with Crippen molar-refractivity contribution >= 4 is 11.3 Å². The van der Waals surface area contributed by atoms with E-state index in [0.717, 1.165) is 24.3 Å². The van der Waals surface area contributed by atoms with E-state index in [2.05, 4.69) is 29.5 Å². The fourth-order valence-electron chi connectivity index (χ4n) is 3.81. The molecule has 2 saturated carbocycles. The zero-order chi connectivity index (χ0) is 11.8. The van der Waals surface area contributed by atoms with Crippen LogP contribution in [0.5, 0.6) is 0 Å². The van der Waals surface area contributed by atoms with Crippen LogP contribution >= 0.6 is 11.3 Å². The molecule has 2 aliphatic rings. The van der Waals surface area contributed by atoms with Gasteiger partial charge in [0.25, 0.3) is 0 Å². The van der Waals surface area contributed by atoms with Crippen LogP contribution in [0.2, 0.25) is 0 Å². The number of aromatic nitrogens is 1. The van der Waals surface area contributed by atoms with Crippen LogP contribution in [0.3, 0.4) is 0 Å². The van der Waals surface area contributed by atoms with Crippen LogP contribution in [-0.2, 0) is 6.54 Å². The third-order valence-corrected chi connectivity index (χ3v) is 5.53. The largest absolute Gasteiger partial charge is 0.308 e. The normalized spacial score (nSPS) is 33.2. The lowest BCUT2D eigenvalue weighted by Gasteiger charge is -2.28. The van der Waals surface area contributed by atoms with Gasteiger partial charge in [0, 0.05) is 18.0 Å². The van der Waals surface area contributed by atoms with E-state index in [1.54, 1.807) is 11.3 Å². The smallest absolute Gasteiger partial charge is 0.0897 e. The number of nitrogens with zero attached hydrogens (tertiary/aromatic N) is 1. The van der Waals surface area contributed by atoms with E-state index in [0.29, 0.717) is 6.04 Å². The topological polar surface area (TPSA) is 24.9 Å². The predicted molar refractivity (Wildman–Crippen MR) is 72.1 cm³/mol. The molecule has 0 saturated heterocycles. The lowest BCUT2D eigenvalue weighted by Crippen LogP contribution is -2.35. The van der Waals surface area contributed by atoms with Gasteiger partial charge < -0.3 is 5.32 Å². The van der Waals surface area contributed by atoms with Crippen LogP contribution in [-0.4, -0.2) is 11.0 Å². The minimum absolute atomic E-state index is 0.660. The first kappa shape index (κ1) is 11.7. The van der Waals surface area contributed by atoms with Gasteiger partial charge in [0.1, 0.15) is 0 Å². The molecular formula is C14H22N2S. The van der Waals surface area contributed by atoms with E-state index in [9.17, 15) is 0 Å². The summed E-state index contributed by atoms with van der Waals surface area (Å²) >= 11 is 1.75. The second kappa shape index (κ2) is 4.69. The van der Waals surface area contributed by atoms with E-state index in [4.69, 9.17) is 0 Å². The Morgan fingerprint density at radius 2 is 2.35 bits per heavy atom. The molecule has 2 nitrogen and oxygen atoms in total. The summed E-state index contributed by atoms with van der Waals surface area (Å²) in [5, 5.41) is 7.03. The molecular weight excluding hydrogens is 228 g/mol. The molecule has 4 atom stereocenters. The van der Waals surface area contributed by atoms with Crippen molar-refractivity contribution in [2.45, 2.75) is 52.1 Å². The van der Waals surface area contributed by atoms with Crippen molar-refractivity contribution in [3.05, 3.63) is 16.1 Å². The van der Waals surface area contributed by atoms with Crippen LogP contribution in [0.1, 0.15) is 43.3 Å². The molecule has 2 fully saturated rings. The Balaban J connectivity index is 1.52. The zero-order valence-corrected chi connectivity index (χ0v) is 11.6. The molecule has 0 spiro atoms. The highest BCUT2D eigenvalue weighted by atomic mass is 32.1. The fraction of sp³-hybridized carbons (Fsp3) is 0.786. The molecule has 94 valence electrons. The van der Waals surface area contributed by atoms with Gasteiger partial charge in [0.15, 0.2) is 0 Å². The Morgan fingerprint density at radius 1 is 1.47 bits per heavy atom. The summed E-state index contributed by atoms with van der Waals surface area (Å²) in [6.07, 6.45) is 5.96. The Hall–Kier alpha value is -0.410. The molecule has 0 aliphatic heterocycles. The number of thiazole rings is 1. The maximum Gasteiger partial charge on any atom is 0.0897 e. The van der Waals surface area contributed by atoms with E-state index >= 15 is 0 Å². The Kier molecular flexibility index (Phi) is 3.22. The van der Waals surface area contributed by atoms with E-state index in [-0.39, 0.29) is 0 Å². The summed E-state index contributed by atoms with van der Waals surface area (Å²) in [6, 6.07) is 0.660. The van der Waals surface area contributed by atoms with Crippen LogP contribution in [0.15, 0.2) is 5.38 Å². The molecule has 0 amide bonds. The molecule has 1 aromatic heterocycles. The van der Waals surface area contributed by atoms with Crippen molar-refractivity contribution < 1.29 is 0 Å². The maximum absolute atomic E-state index is 4.51. The highest BCUT2D eigenvalue weighted by Crippen LogP contribution is 2.49. The van der Waals surface area contributed by atoms with Crippen molar-refractivity contribution in [3.8, 4) is 0 Å². The van der Waals surface area contributed by atoms with Gasteiger partial charge in [-0.15, -0.1) is 11.3 Å². The van der Waals surface area contributed by atoms with Crippen molar-refractivity contribution in [3.63, 3.8) is 0 Å². The quantitative estimate of drug-likeness (QED) is 0.886. The maximum atomic E-state index is 4.51. The summed E-state index contributed by atoms with van der Waals surface area (Å²) in [5.74, 6) is 2.99. The van der Waals surface area contributed by atoms with Gasteiger partial charge in [0.05, 0.1) is 10.7 Å². The molecule has 4 unspecified atom stereocenters. The molecule has 1 heterocycles. The van der Waals surface area contributed by atoms with Gasteiger partial charge in [0.2, 0.25) is 0 Å². The molecule has 1 N–H and O–H groups in total. The van der Waals surface area contributed by atoms with Gasteiger partial charge in [-0.3, -0.25) is 0 Å². The SMILES string of the molecule is Cc1nc(CNC(C)C2CC3CCC2C3)cs1. The summed E-state index contributed by atoms with van der Waals surface area (Å²) in [7, 11) is 0. The highest BCUT2D eigenvalue weighted by Gasteiger charge is 2.41. The van der Waals surface area contributed by atoms with Gasteiger partial charge in [-0.2, -0.15) is 0 Å². The van der Waals surface area contributed by atoms with Crippen molar-refractivity contribution in [2.24, 2.45) is 17.8 Å². The van der Waals surface area contributed by atoms with Crippen LogP contribution in [0, 0.1) is 24.7 Å². The number of rotatable bonds is 4. The second-order valence-corrected chi connectivity index (χ2v) is 6.93. The minimum atomic E-state index is 0.660. The standard InChI is InChI=1S/C14H22N2S/c1-9(14-6-11-3-4-12(14)5-11)15-7-13-8-17-10(2)16-13/h8-9,11-12,14-15H,3-7H2,1-2H3.